The van der Waals surface area contributed by atoms with Gasteiger partial charge in [-0.2, -0.15) is 0 Å². The first-order valence-corrected chi connectivity index (χ1v) is 8.19. The Kier molecular flexibility index (Phi) is 5.93. The topological polar surface area (TPSA) is 88.8 Å². The van der Waals surface area contributed by atoms with Gasteiger partial charge in [-0.25, -0.2) is 4.63 Å². The lowest BCUT2D eigenvalue weighted by Gasteiger charge is -2.41. The van der Waals surface area contributed by atoms with E-state index in [0.717, 1.165) is 19.4 Å². The molecule has 8 heteroatoms. The van der Waals surface area contributed by atoms with Crippen LogP contribution in [0.4, 0.5) is 0 Å². The van der Waals surface area contributed by atoms with Gasteiger partial charge in [-0.05, 0) is 26.2 Å². The van der Waals surface area contributed by atoms with Gasteiger partial charge in [0.15, 0.2) is 0 Å². The number of amides is 2. The summed E-state index contributed by atoms with van der Waals surface area (Å²) in [5, 5.41) is 7.51. The third kappa shape index (κ3) is 4.31. The van der Waals surface area contributed by atoms with Gasteiger partial charge >= 0.3 is 0 Å². The van der Waals surface area contributed by atoms with Crippen molar-refractivity contribution >= 4 is 11.8 Å². The minimum atomic E-state index is -0.439. The molecule has 0 aliphatic carbocycles. The van der Waals surface area contributed by atoms with E-state index < -0.39 is 5.60 Å². The van der Waals surface area contributed by atoms with E-state index in [-0.39, 0.29) is 11.8 Å². The van der Waals surface area contributed by atoms with Crippen molar-refractivity contribution in [1.29, 1.82) is 0 Å². The fourth-order valence-electron chi connectivity index (χ4n) is 3.07. The minimum Gasteiger partial charge on any atom is -0.376 e. The van der Waals surface area contributed by atoms with E-state index in [1.54, 1.807) is 37.8 Å². The summed E-state index contributed by atoms with van der Waals surface area (Å²) in [6.45, 7) is 5.03. The Bertz CT molecular complexity index is 588. The first kappa shape index (κ1) is 18.4. The van der Waals surface area contributed by atoms with Crippen molar-refractivity contribution < 1.29 is 19.0 Å². The zero-order chi connectivity index (χ0) is 17.7. The standard InChI is InChI=1S/C16H26N4O4/c1-12-14(18-24-17-12)10-19(3)15(22)6-8-16(23-4)7-5-9-20(11-16)13(2)21/h5-11H2,1-4H3/t16-/m0/s1. The number of carbonyl (C=O) groups is 2. The number of rotatable bonds is 6. The summed E-state index contributed by atoms with van der Waals surface area (Å²) in [5.41, 5.74) is 0.909. The van der Waals surface area contributed by atoms with Crippen LogP contribution in [0.1, 0.15) is 44.0 Å². The highest BCUT2D eigenvalue weighted by molar-refractivity contribution is 5.76. The number of aryl methyl sites for hydroxylation is 1. The van der Waals surface area contributed by atoms with Gasteiger partial charge in [0, 0.05) is 40.6 Å². The zero-order valence-electron chi connectivity index (χ0n) is 14.9. The monoisotopic (exact) mass is 338 g/mol. The van der Waals surface area contributed by atoms with Gasteiger partial charge in [-0.15, -0.1) is 0 Å². The molecule has 0 radical (unpaired) electrons. The highest BCUT2D eigenvalue weighted by Crippen LogP contribution is 2.29. The van der Waals surface area contributed by atoms with E-state index >= 15 is 0 Å². The summed E-state index contributed by atoms with van der Waals surface area (Å²) in [6.07, 6.45) is 2.70. The Labute approximate surface area is 142 Å². The van der Waals surface area contributed by atoms with E-state index in [9.17, 15) is 9.59 Å². The number of methoxy groups -OCH3 is 1. The summed E-state index contributed by atoms with van der Waals surface area (Å²) in [4.78, 5) is 27.4. The van der Waals surface area contributed by atoms with Gasteiger partial charge in [0.1, 0.15) is 11.4 Å². The van der Waals surface area contributed by atoms with E-state index in [2.05, 4.69) is 14.9 Å². The van der Waals surface area contributed by atoms with Gasteiger partial charge in [0.25, 0.3) is 0 Å². The highest BCUT2D eigenvalue weighted by Gasteiger charge is 2.37. The Balaban J connectivity index is 1.91. The number of hydrogen-bond acceptors (Lipinski definition) is 6. The molecule has 1 fully saturated rings. The van der Waals surface area contributed by atoms with Crippen LogP contribution in [0.15, 0.2) is 4.63 Å². The Morgan fingerprint density at radius 1 is 1.42 bits per heavy atom. The van der Waals surface area contributed by atoms with Crippen molar-refractivity contribution in [2.24, 2.45) is 0 Å². The van der Waals surface area contributed by atoms with E-state index in [4.69, 9.17) is 4.74 Å². The first-order chi connectivity index (χ1) is 11.4. The number of carbonyl (C=O) groups excluding carboxylic acids is 2. The lowest BCUT2D eigenvalue weighted by molar-refractivity contribution is -0.140. The molecule has 1 aromatic rings. The molecule has 1 aromatic heterocycles. The van der Waals surface area contributed by atoms with Crippen LogP contribution in [0.25, 0.3) is 0 Å². The molecule has 24 heavy (non-hydrogen) atoms. The van der Waals surface area contributed by atoms with Gasteiger partial charge < -0.3 is 14.5 Å². The molecule has 0 aromatic carbocycles. The molecule has 0 unspecified atom stereocenters. The van der Waals surface area contributed by atoms with E-state index in [1.165, 1.54) is 0 Å². The maximum absolute atomic E-state index is 12.4. The fraction of sp³-hybridized carbons (Fsp3) is 0.750. The predicted molar refractivity (Wildman–Crippen MR) is 86.0 cm³/mol. The molecule has 2 amide bonds. The second-order valence-corrected chi connectivity index (χ2v) is 6.48. The highest BCUT2D eigenvalue weighted by atomic mass is 16.6. The second-order valence-electron chi connectivity index (χ2n) is 6.48. The quantitative estimate of drug-likeness (QED) is 0.773. The Morgan fingerprint density at radius 3 is 2.75 bits per heavy atom. The molecule has 2 rings (SSSR count). The molecule has 0 N–H and O–H groups in total. The van der Waals surface area contributed by atoms with Gasteiger partial charge in [0.2, 0.25) is 11.8 Å². The molecule has 134 valence electrons. The summed E-state index contributed by atoms with van der Waals surface area (Å²) < 4.78 is 10.4. The summed E-state index contributed by atoms with van der Waals surface area (Å²) in [6, 6.07) is 0. The van der Waals surface area contributed by atoms with Crippen LogP contribution in [0.5, 0.6) is 0 Å². The number of likely N-dealkylation sites (tertiary alicyclic amines) is 1. The molecular formula is C16H26N4O4. The van der Waals surface area contributed by atoms with Gasteiger partial charge in [0.05, 0.1) is 12.1 Å². The first-order valence-electron chi connectivity index (χ1n) is 8.19. The van der Waals surface area contributed by atoms with Crippen molar-refractivity contribution in [3.63, 3.8) is 0 Å². The summed E-state index contributed by atoms with van der Waals surface area (Å²) in [5.74, 6) is 0.0577. The molecule has 0 spiro atoms. The number of piperidine rings is 1. The van der Waals surface area contributed by atoms with Crippen LogP contribution < -0.4 is 0 Å². The van der Waals surface area contributed by atoms with Crippen LogP contribution in [0.3, 0.4) is 0 Å². The van der Waals surface area contributed by atoms with Crippen molar-refractivity contribution in [1.82, 2.24) is 20.1 Å². The van der Waals surface area contributed by atoms with Gasteiger partial charge in [-0.1, -0.05) is 10.3 Å². The van der Waals surface area contributed by atoms with Gasteiger partial charge in [-0.3, -0.25) is 9.59 Å². The van der Waals surface area contributed by atoms with Crippen molar-refractivity contribution in [2.75, 3.05) is 27.2 Å². The van der Waals surface area contributed by atoms with Crippen LogP contribution in [0, 0.1) is 6.92 Å². The maximum Gasteiger partial charge on any atom is 0.222 e. The molecular weight excluding hydrogens is 312 g/mol. The average molecular weight is 338 g/mol. The van der Waals surface area contributed by atoms with Crippen LogP contribution in [0.2, 0.25) is 0 Å². The lowest BCUT2D eigenvalue weighted by Crippen LogP contribution is -2.51. The smallest absolute Gasteiger partial charge is 0.222 e. The molecule has 1 atom stereocenters. The largest absolute Gasteiger partial charge is 0.376 e. The van der Waals surface area contributed by atoms with Crippen LogP contribution in [-0.2, 0) is 20.9 Å². The Hall–Kier alpha value is -1.96. The van der Waals surface area contributed by atoms with Crippen molar-refractivity contribution in [3.05, 3.63) is 11.4 Å². The number of ether oxygens (including phenoxy) is 1. The van der Waals surface area contributed by atoms with Crippen molar-refractivity contribution in [2.45, 2.75) is 51.7 Å². The van der Waals surface area contributed by atoms with Crippen LogP contribution in [-0.4, -0.2) is 64.8 Å². The summed E-state index contributed by atoms with van der Waals surface area (Å²) in [7, 11) is 3.39. The van der Waals surface area contributed by atoms with Crippen molar-refractivity contribution in [3.8, 4) is 0 Å². The summed E-state index contributed by atoms with van der Waals surface area (Å²) >= 11 is 0. The average Bonchev–Trinajstić information content (AvgIpc) is 2.97. The van der Waals surface area contributed by atoms with Crippen LogP contribution >= 0.6 is 0 Å². The molecule has 2 heterocycles. The molecule has 1 saturated heterocycles. The second kappa shape index (κ2) is 7.74. The maximum atomic E-state index is 12.4. The molecule has 1 aliphatic rings. The third-order valence-electron chi connectivity index (χ3n) is 4.77. The molecule has 0 saturated carbocycles. The number of nitrogens with zero attached hydrogens (tertiary/aromatic N) is 4. The SMILES string of the molecule is CO[C@]1(CCC(=O)N(C)Cc2nonc2C)CCCN(C(C)=O)C1. The lowest BCUT2D eigenvalue weighted by atomic mass is 9.87. The zero-order valence-corrected chi connectivity index (χ0v) is 14.9. The third-order valence-corrected chi connectivity index (χ3v) is 4.77. The normalized spacial score (nSPS) is 20.9. The van der Waals surface area contributed by atoms with E-state index in [1.807, 2.05) is 0 Å². The molecule has 1 aliphatic heterocycles. The fourth-order valence-corrected chi connectivity index (χ4v) is 3.07. The predicted octanol–water partition coefficient (Wildman–Crippen LogP) is 1.14. The number of hydrogen-bond donors (Lipinski definition) is 0. The molecule has 8 nitrogen and oxygen atoms in total. The number of aromatic nitrogens is 2. The molecule has 0 bridgehead atoms. The minimum absolute atomic E-state index is 0.00812. The Morgan fingerprint density at radius 2 is 2.17 bits per heavy atom. The van der Waals surface area contributed by atoms with E-state index in [0.29, 0.717) is 37.3 Å².